The quantitative estimate of drug-likeness (QED) is 0.572. The van der Waals surface area contributed by atoms with Crippen LogP contribution in [0.5, 0.6) is 0 Å². The van der Waals surface area contributed by atoms with Crippen LogP contribution < -0.4 is 0 Å². The molecule has 9 heavy (non-hydrogen) atoms. The van der Waals surface area contributed by atoms with Crippen molar-refractivity contribution in [2.45, 2.75) is 24.6 Å². The lowest BCUT2D eigenvalue weighted by Crippen LogP contribution is -2.17. The first-order chi connectivity index (χ1) is 4.22. The third kappa shape index (κ3) is 1.36. The van der Waals surface area contributed by atoms with E-state index in [9.17, 15) is 4.79 Å². The van der Waals surface area contributed by atoms with E-state index in [0.717, 1.165) is 19.3 Å². The first-order valence-corrected chi connectivity index (χ1v) is 3.52. The van der Waals surface area contributed by atoms with Crippen LogP contribution in [0.15, 0.2) is 0 Å². The topological polar surface area (TPSA) is 37.3 Å². The van der Waals surface area contributed by atoms with Crippen molar-refractivity contribution in [3.8, 4) is 0 Å². The summed E-state index contributed by atoms with van der Waals surface area (Å²) < 4.78 is 0. The van der Waals surface area contributed by atoms with Gasteiger partial charge in [-0.3, -0.25) is 4.79 Å². The Balaban J connectivity index is 2.49. The van der Waals surface area contributed by atoms with Gasteiger partial charge < -0.3 is 5.11 Å². The molecule has 0 aromatic rings. The smallest absolute Gasteiger partial charge is 0.307 e. The average molecular weight is 149 g/mol. The van der Waals surface area contributed by atoms with Crippen molar-refractivity contribution in [3.63, 3.8) is 0 Å². The number of alkyl halides is 1. The van der Waals surface area contributed by atoms with Gasteiger partial charge in [0.1, 0.15) is 0 Å². The minimum atomic E-state index is -0.743. The minimum Gasteiger partial charge on any atom is -0.481 e. The Bertz CT molecular complexity index is 124. The highest BCUT2D eigenvalue weighted by atomic mass is 35.5. The molecule has 0 amide bonds. The van der Waals surface area contributed by atoms with E-state index in [1.807, 2.05) is 0 Å². The van der Waals surface area contributed by atoms with Crippen LogP contribution in [-0.4, -0.2) is 16.5 Å². The summed E-state index contributed by atoms with van der Waals surface area (Å²) in [6.07, 6.45) is 2.58. The van der Waals surface area contributed by atoms with E-state index in [0.29, 0.717) is 0 Å². The summed E-state index contributed by atoms with van der Waals surface area (Å²) >= 11 is 5.69. The second kappa shape index (κ2) is 2.56. The lowest BCUT2D eigenvalue weighted by Gasteiger charge is -2.05. The largest absolute Gasteiger partial charge is 0.481 e. The van der Waals surface area contributed by atoms with E-state index in [4.69, 9.17) is 16.7 Å². The predicted octanol–water partition coefficient (Wildman–Crippen LogP) is 1.48. The second-order valence-corrected chi connectivity index (χ2v) is 2.95. The maximum absolute atomic E-state index is 10.3. The monoisotopic (exact) mass is 148 g/mol. The molecular weight excluding hydrogens is 140 g/mol. The van der Waals surface area contributed by atoms with Gasteiger partial charge in [-0.25, -0.2) is 0 Å². The number of hydrogen-bond acceptors (Lipinski definition) is 1. The Labute approximate surface area is 58.8 Å². The van der Waals surface area contributed by atoms with Gasteiger partial charge in [-0.1, -0.05) is 6.42 Å². The van der Waals surface area contributed by atoms with Gasteiger partial charge in [-0.05, 0) is 12.8 Å². The number of carboxylic acids is 1. The Morgan fingerprint density at radius 2 is 2.22 bits per heavy atom. The Morgan fingerprint density at radius 3 is 2.44 bits per heavy atom. The van der Waals surface area contributed by atoms with Gasteiger partial charge in [0.15, 0.2) is 0 Å². The van der Waals surface area contributed by atoms with Crippen LogP contribution >= 0.6 is 11.6 Å². The molecular formula is C6H9ClO2. The van der Waals surface area contributed by atoms with Crippen LogP contribution in [0.3, 0.4) is 0 Å². The molecule has 1 aliphatic carbocycles. The standard InChI is InChI=1S/C6H9ClO2/c7-5-3-1-2-4(5)6(8)9/h4-5H,1-3H2,(H,8,9). The van der Waals surface area contributed by atoms with Crippen LogP contribution in [-0.2, 0) is 4.79 Å². The molecule has 1 rings (SSSR count). The zero-order chi connectivity index (χ0) is 6.85. The lowest BCUT2D eigenvalue weighted by atomic mass is 10.1. The van der Waals surface area contributed by atoms with E-state index in [-0.39, 0.29) is 11.3 Å². The maximum atomic E-state index is 10.3. The summed E-state index contributed by atoms with van der Waals surface area (Å²) in [5, 5.41) is 8.38. The Morgan fingerprint density at radius 1 is 1.56 bits per heavy atom. The Kier molecular flexibility index (Phi) is 1.96. The van der Waals surface area contributed by atoms with E-state index >= 15 is 0 Å². The fourth-order valence-electron chi connectivity index (χ4n) is 1.19. The minimum absolute atomic E-state index is 0.123. The molecule has 1 fully saturated rings. The number of rotatable bonds is 1. The van der Waals surface area contributed by atoms with Gasteiger partial charge in [0.2, 0.25) is 0 Å². The molecule has 0 spiro atoms. The van der Waals surface area contributed by atoms with Crippen molar-refractivity contribution >= 4 is 17.6 Å². The molecule has 2 nitrogen and oxygen atoms in total. The van der Waals surface area contributed by atoms with Crippen molar-refractivity contribution in [3.05, 3.63) is 0 Å². The Hall–Kier alpha value is -0.240. The third-order valence-corrected chi connectivity index (χ3v) is 2.27. The molecule has 0 aliphatic heterocycles. The average Bonchev–Trinajstić information content (AvgIpc) is 2.13. The van der Waals surface area contributed by atoms with E-state index < -0.39 is 5.97 Å². The van der Waals surface area contributed by atoms with Crippen molar-refractivity contribution in [2.75, 3.05) is 0 Å². The molecule has 1 saturated carbocycles. The van der Waals surface area contributed by atoms with Gasteiger partial charge in [-0.2, -0.15) is 0 Å². The molecule has 1 N–H and O–H groups in total. The first-order valence-electron chi connectivity index (χ1n) is 3.08. The van der Waals surface area contributed by atoms with Crippen molar-refractivity contribution in [1.29, 1.82) is 0 Å². The molecule has 2 unspecified atom stereocenters. The van der Waals surface area contributed by atoms with Gasteiger partial charge in [0.05, 0.1) is 5.92 Å². The van der Waals surface area contributed by atoms with E-state index in [1.54, 1.807) is 0 Å². The van der Waals surface area contributed by atoms with E-state index in [1.165, 1.54) is 0 Å². The van der Waals surface area contributed by atoms with Gasteiger partial charge in [0, 0.05) is 5.38 Å². The summed E-state index contributed by atoms with van der Waals surface area (Å²) in [5.74, 6) is -1.03. The summed E-state index contributed by atoms with van der Waals surface area (Å²) in [7, 11) is 0. The third-order valence-electron chi connectivity index (χ3n) is 1.75. The fourth-order valence-corrected chi connectivity index (χ4v) is 1.58. The second-order valence-electron chi connectivity index (χ2n) is 2.39. The lowest BCUT2D eigenvalue weighted by molar-refractivity contribution is -0.141. The molecule has 0 aromatic carbocycles. The van der Waals surface area contributed by atoms with Crippen LogP contribution in [0.25, 0.3) is 0 Å². The number of aliphatic carboxylic acids is 1. The summed E-state index contributed by atoms with van der Waals surface area (Å²) in [4.78, 5) is 10.3. The molecule has 0 radical (unpaired) electrons. The number of halogens is 1. The molecule has 0 aromatic heterocycles. The molecule has 2 atom stereocenters. The molecule has 52 valence electrons. The van der Waals surface area contributed by atoms with Crippen LogP contribution in [0, 0.1) is 5.92 Å². The molecule has 3 heteroatoms. The van der Waals surface area contributed by atoms with Crippen molar-refractivity contribution in [2.24, 2.45) is 5.92 Å². The van der Waals surface area contributed by atoms with Crippen molar-refractivity contribution < 1.29 is 9.90 Å². The number of hydrogen-bond donors (Lipinski definition) is 1. The predicted molar refractivity (Wildman–Crippen MR) is 34.6 cm³/mol. The van der Waals surface area contributed by atoms with Crippen LogP contribution in [0.4, 0.5) is 0 Å². The first kappa shape index (κ1) is 6.87. The van der Waals surface area contributed by atoms with Crippen LogP contribution in [0.1, 0.15) is 19.3 Å². The summed E-state index contributed by atoms with van der Waals surface area (Å²) in [5.41, 5.74) is 0. The fraction of sp³-hybridized carbons (Fsp3) is 0.833. The summed E-state index contributed by atoms with van der Waals surface area (Å²) in [6, 6.07) is 0. The highest BCUT2D eigenvalue weighted by Crippen LogP contribution is 2.29. The van der Waals surface area contributed by atoms with Crippen molar-refractivity contribution in [1.82, 2.24) is 0 Å². The molecule has 0 bridgehead atoms. The van der Waals surface area contributed by atoms with Gasteiger partial charge in [-0.15, -0.1) is 11.6 Å². The summed E-state index contributed by atoms with van der Waals surface area (Å²) in [6.45, 7) is 0. The SMILES string of the molecule is O=C(O)C1CCCC1Cl. The normalized spacial score (nSPS) is 34.8. The molecule has 0 heterocycles. The van der Waals surface area contributed by atoms with Gasteiger partial charge >= 0.3 is 5.97 Å². The number of carboxylic acid groups (broad SMARTS) is 1. The van der Waals surface area contributed by atoms with Crippen LogP contribution in [0.2, 0.25) is 0 Å². The zero-order valence-electron chi connectivity index (χ0n) is 5.01. The highest BCUT2D eigenvalue weighted by molar-refractivity contribution is 6.22. The van der Waals surface area contributed by atoms with Gasteiger partial charge in [0.25, 0.3) is 0 Å². The molecule has 0 saturated heterocycles. The number of carbonyl (C=O) groups is 1. The van der Waals surface area contributed by atoms with E-state index in [2.05, 4.69) is 0 Å². The zero-order valence-corrected chi connectivity index (χ0v) is 5.77. The maximum Gasteiger partial charge on any atom is 0.307 e. The highest BCUT2D eigenvalue weighted by Gasteiger charge is 2.30. The molecule has 1 aliphatic rings.